The van der Waals surface area contributed by atoms with Crippen molar-refractivity contribution in [3.8, 4) is 0 Å². The smallest absolute Gasteiger partial charge is 0.110 e. The Balaban J connectivity index is 3.17. The van der Waals surface area contributed by atoms with Crippen molar-refractivity contribution in [1.29, 1.82) is 0 Å². The summed E-state index contributed by atoms with van der Waals surface area (Å²) in [5.74, 6) is 0.316. The van der Waals surface area contributed by atoms with Crippen molar-refractivity contribution < 1.29 is 0 Å². The standard InChI is InChI=1S/C13H16BrN3/c1-9(2)12-13(17-8-7-16-12)11(15-4)6-5-10(3)14/h5-9H,3H2,1-2,4H3/b6-5-,15-11?. The van der Waals surface area contributed by atoms with Crippen molar-refractivity contribution in [2.24, 2.45) is 4.99 Å². The van der Waals surface area contributed by atoms with Gasteiger partial charge in [-0.1, -0.05) is 36.4 Å². The fraction of sp³-hybridized carbons (Fsp3) is 0.308. The van der Waals surface area contributed by atoms with Gasteiger partial charge in [0.05, 0.1) is 11.4 Å². The van der Waals surface area contributed by atoms with E-state index in [0.29, 0.717) is 5.92 Å². The average Bonchev–Trinajstić information content (AvgIpc) is 2.30. The second-order valence-electron chi connectivity index (χ2n) is 3.83. The zero-order valence-corrected chi connectivity index (χ0v) is 11.9. The summed E-state index contributed by atoms with van der Waals surface area (Å²) in [6, 6.07) is 0. The number of aliphatic imine (C=N–C) groups is 1. The van der Waals surface area contributed by atoms with E-state index in [2.05, 4.69) is 51.3 Å². The number of hydrogen-bond donors (Lipinski definition) is 0. The predicted molar refractivity (Wildman–Crippen MR) is 75.8 cm³/mol. The van der Waals surface area contributed by atoms with Crippen molar-refractivity contribution in [3.05, 3.63) is 47.0 Å². The van der Waals surface area contributed by atoms with Crippen LogP contribution in [-0.4, -0.2) is 22.7 Å². The Morgan fingerprint density at radius 2 is 2.00 bits per heavy atom. The highest BCUT2D eigenvalue weighted by Crippen LogP contribution is 2.16. The van der Waals surface area contributed by atoms with Gasteiger partial charge in [-0.15, -0.1) is 0 Å². The highest BCUT2D eigenvalue weighted by molar-refractivity contribution is 9.11. The molecule has 0 radical (unpaired) electrons. The molecule has 0 saturated heterocycles. The third kappa shape index (κ3) is 3.89. The first-order valence-electron chi connectivity index (χ1n) is 5.36. The molecule has 1 aromatic rings. The zero-order chi connectivity index (χ0) is 12.8. The topological polar surface area (TPSA) is 38.1 Å². The molecular formula is C13H16BrN3. The lowest BCUT2D eigenvalue weighted by Crippen LogP contribution is -2.08. The molecule has 0 bridgehead atoms. The molecule has 0 aliphatic rings. The summed E-state index contributed by atoms with van der Waals surface area (Å²) in [6.07, 6.45) is 7.12. The van der Waals surface area contributed by atoms with E-state index in [1.54, 1.807) is 19.4 Å². The van der Waals surface area contributed by atoms with Crippen LogP contribution in [0.3, 0.4) is 0 Å². The fourth-order valence-electron chi connectivity index (χ4n) is 1.40. The molecule has 1 heterocycles. The van der Waals surface area contributed by atoms with Gasteiger partial charge >= 0.3 is 0 Å². The molecule has 1 aromatic heterocycles. The summed E-state index contributed by atoms with van der Waals surface area (Å²) in [4.78, 5) is 13.0. The third-order valence-electron chi connectivity index (χ3n) is 2.18. The van der Waals surface area contributed by atoms with Gasteiger partial charge in [0, 0.05) is 23.9 Å². The van der Waals surface area contributed by atoms with Gasteiger partial charge < -0.3 is 0 Å². The zero-order valence-electron chi connectivity index (χ0n) is 10.3. The van der Waals surface area contributed by atoms with E-state index < -0.39 is 0 Å². The molecule has 0 amide bonds. The van der Waals surface area contributed by atoms with Gasteiger partial charge in [0.15, 0.2) is 0 Å². The maximum Gasteiger partial charge on any atom is 0.110 e. The van der Waals surface area contributed by atoms with Crippen molar-refractivity contribution in [2.45, 2.75) is 19.8 Å². The van der Waals surface area contributed by atoms with E-state index in [1.165, 1.54) is 0 Å². The lowest BCUT2D eigenvalue weighted by atomic mass is 10.0. The largest absolute Gasteiger partial charge is 0.286 e. The van der Waals surface area contributed by atoms with Crippen LogP contribution in [-0.2, 0) is 0 Å². The molecular weight excluding hydrogens is 278 g/mol. The molecule has 0 spiro atoms. The summed E-state index contributed by atoms with van der Waals surface area (Å²) < 4.78 is 0.800. The number of nitrogens with zero attached hydrogens (tertiary/aromatic N) is 3. The fourth-order valence-corrected chi connectivity index (χ4v) is 1.53. The maximum atomic E-state index is 4.36. The van der Waals surface area contributed by atoms with E-state index in [-0.39, 0.29) is 0 Å². The van der Waals surface area contributed by atoms with Crippen molar-refractivity contribution in [3.63, 3.8) is 0 Å². The van der Waals surface area contributed by atoms with Gasteiger partial charge in [0.25, 0.3) is 0 Å². The number of hydrogen-bond acceptors (Lipinski definition) is 3. The van der Waals surface area contributed by atoms with Crippen LogP contribution in [0.5, 0.6) is 0 Å². The SMILES string of the molecule is C=C(Br)/C=C\C(=NC)c1nccnc1C(C)C. The first-order chi connectivity index (χ1) is 8.06. The van der Waals surface area contributed by atoms with Crippen LogP contribution < -0.4 is 0 Å². The quantitative estimate of drug-likeness (QED) is 0.630. The van der Waals surface area contributed by atoms with E-state index in [0.717, 1.165) is 21.6 Å². The minimum atomic E-state index is 0.316. The number of halogens is 1. The summed E-state index contributed by atoms with van der Waals surface area (Å²) in [6.45, 7) is 7.93. The summed E-state index contributed by atoms with van der Waals surface area (Å²) in [5.41, 5.74) is 2.59. The number of aromatic nitrogens is 2. The van der Waals surface area contributed by atoms with Gasteiger partial charge in [-0.25, -0.2) is 0 Å². The Kier molecular flexibility index (Phi) is 5.22. The third-order valence-corrected chi connectivity index (χ3v) is 2.44. The van der Waals surface area contributed by atoms with Crippen LogP contribution in [0.25, 0.3) is 0 Å². The number of rotatable bonds is 4. The minimum absolute atomic E-state index is 0.316. The second-order valence-corrected chi connectivity index (χ2v) is 4.85. The molecule has 0 unspecified atom stereocenters. The molecule has 3 nitrogen and oxygen atoms in total. The maximum absolute atomic E-state index is 4.36. The highest BCUT2D eigenvalue weighted by atomic mass is 79.9. The Bertz CT molecular complexity index is 461. The van der Waals surface area contributed by atoms with Crippen LogP contribution in [0.15, 0.2) is 40.6 Å². The lowest BCUT2D eigenvalue weighted by molar-refractivity contribution is 0.807. The second kappa shape index (κ2) is 6.45. The minimum Gasteiger partial charge on any atom is -0.286 e. The predicted octanol–water partition coefficient (Wildman–Crippen LogP) is 3.48. The van der Waals surface area contributed by atoms with Crippen molar-refractivity contribution >= 4 is 21.6 Å². The van der Waals surface area contributed by atoms with Crippen LogP contribution >= 0.6 is 15.9 Å². The van der Waals surface area contributed by atoms with Crippen molar-refractivity contribution in [2.75, 3.05) is 7.05 Å². The molecule has 0 aliphatic carbocycles. The van der Waals surface area contributed by atoms with Crippen molar-refractivity contribution in [1.82, 2.24) is 9.97 Å². The Labute approximate surface area is 111 Å². The van der Waals surface area contributed by atoms with Gasteiger partial charge in [-0.3, -0.25) is 15.0 Å². The van der Waals surface area contributed by atoms with Crippen LogP contribution in [0.4, 0.5) is 0 Å². The normalized spacial score (nSPS) is 12.4. The molecule has 4 heteroatoms. The first-order valence-corrected chi connectivity index (χ1v) is 6.16. The molecule has 90 valence electrons. The van der Waals surface area contributed by atoms with E-state index in [9.17, 15) is 0 Å². The summed E-state index contributed by atoms with van der Waals surface area (Å²) >= 11 is 3.28. The van der Waals surface area contributed by atoms with Crippen LogP contribution in [0.1, 0.15) is 31.2 Å². The van der Waals surface area contributed by atoms with E-state index in [1.807, 2.05) is 12.2 Å². The van der Waals surface area contributed by atoms with Gasteiger partial charge in [0.2, 0.25) is 0 Å². The van der Waals surface area contributed by atoms with Gasteiger partial charge in [0.1, 0.15) is 5.69 Å². The highest BCUT2D eigenvalue weighted by Gasteiger charge is 2.12. The van der Waals surface area contributed by atoms with Gasteiger partial charge in [-0.2, -0.15) is 0 Å². The van der Waals surface area contributed by atoms with Gasteiger partial charge in [-0.05, 0) is 18.1 Å². The molecule has 0 aliphatic heterocycles. The summed E-state index contributed by atoms with van der Waals surface area (Å²) in [5, 5.41) is 0. The molecule has 0 fully saturated rings. The molecule has 0 aromatic carbocycles. The number of allylic oxidation sites excluding steroid dienone is 3. The Morgan fingerprint density at radius 1 is 1.35 bits per heavy atom. The Morgan fingerprint density at radius 3 is 2.53 bits per heavy atom. The van der Waals surface area contributed by atoms with E-state index in [4.69, 9.17) is 0 Å². The monoisotopic (exact) mass is 293 g/mol. The lowest BCUT2D eigenvalue weighted by Gasteiger charge is -2.09. The molecule has 0 saturated carbocycles. The molecule has 0 N–H and O–H groups in total. The Hall–Kier alpha value is -1.29. The molecule has 17 heavy (non-hydrogen) atoms. The van der Waals surface area contributed by atoms with Crippen LogP contribution in [0, 0.1) is 0 Å². The van der Waals surface area contributed by atoms with E-state index >= 15 is 0 Å². The molecule has 1 rings (SSSR count). The first kappa shape index (κ1) is 13.8. The summed E-state index contributed by atoms with van der Waals surface area (Å²) in [7, 11) is 1.75. The van der Waals surface area contributed by atoms with Crippen LogP contribution in [0.2, 0.25) is 0 Å². The average molecular weight is 294 g/mol. The molecule has 0 atom stereocenters.